The summed E-state index contributed by atoms with van der Waals surface area (Å²) in [4.78, 5) is 25.8. The molecule has 2 heterocycles. The van der Waals surface area contributed by atoms with Gasteiger partial charge in [-0.3, -0.25) is 14.9 Å². The van der Waals surface area contributed by atoms with Crippen molar-refractivity contribution < 1.29 is 18.8 Å². The maximum Gasteiger partial charge on any atom is 0.271 e. The van der Waals surface area contributed by atoms with Gasteiger partial charge in [0.05, 0.1) is 22.1 Å². The van der Waals surface area contributed by atoms with Gasteiger partial charge in [0.2, 0.25) is 0 Å². The molecule has 0 radical (unpaired) electrons. The van der Waals surface area contributed by atoms with Gasteiger partial charge in [0.1, 0.15) is 5.82 Å². The number of rotatable bonds is 4. The third-order valence-electron chi connectivity index (χ3n) is 4.67. The van der Waals surface area contributed by atoms with Crippen LogP contribution < -0.4 is 4.90 Å². The molecule has 8 heteroatoms. The van der Waals surface area contributed by atoms with Crippen LogP contribution >= 0.6 is 11.3 Å². The number of ether oxygens (including phenoxy) is 1. The van der Waals surface area contributed by atoms with Crippen molar-refractivity contribution in [3.63, 3.8) is 0 Å². The quantitative estimate of drug-likeness (QED) is 0.495. The fourth-order valence-corrected chi connectivity index (χ4v) is 4.61. The molecule has 6 nitrogen and oxygen atoms in total. The predicted molar refractivity (Wildman–Crippen MR) is 101 cm³/mol. The second kappa shape index (κ2) is 6.71. The smallest absolute Gasteiger partial charge is 0.271 e. The number of halogens is 1. The minimum absolute atomic E-state index is 0.0621. The van der Waals surface area contributed by atoms with Gasteiger partial charge in [-0.25, -0.2) is 4.39 Å². The molecule has 0 saturated heterocycles. The van der Waals surface area contributed by atoms with Crippen molar-refractivity contribution in [2.75, 3.05) is 18.6 Å². The Labute approximate surface area is 157 Å². The number of carbonyl (C=O) groups excluding carboxylic acids is 1. The van der Waals surface area contributed by atoms with Crippen molar-refractivity contribution in [2.45, 2.75) is 13.0 Å². The maximum absolute atomic E-state index is 14.4. The zero-order valence-electron chi connectivity index (χ0n) is 14.4. The standard InChI is InChI=1S/C19H15FN2O4S/c1-26-10-13-17-14(20)3-2-4-16(17)27-18(13)19(23)21-8-7-11-5-6-12(22(24)25)9-15(11)21/h2-6,9H,7-8,10H2,1H3. The van der Waals surface area contributed by atoms with Crippen LogP contribution in [-0.2, 0) is 17.8 Å². The van der Waals surface area contributed by atoms with E-state index in [0.29, 0.717) is 39.2 Å². The van der Waals surface area contributed by atoms with Crippen molar-refractivity contribution in [3.8, 4) is 0 Å². The Hall–Kier alpha value is -2.84. The number of methoxy groups -OCH3 is 1. The number of nitro benzene ring substituents is 1. The monoisotopic (exact) mass is 386 g/mol. The van der Waals surface area contributed by atoms with E-state index >= 15 is 0 Å². The number of hydrogen-bond acceptors (Lipinski definition) is 5. The van der Waals surface area contributed by atoms with E-state index in [1.165, 1.54) is 41.5 Å². The van der Waals surface area contributed by atoms with Crippen molar-refractivity contribution >= 4 is 38.7 Å². The van der Waals surface area contributed by atoms with Crippen molar-refractivity contribution in [3.05, 3.63) is 68.3 Å². The molecular formula is C19H15FN2O4S. The van der Waals surface area contributed by atoms with Crippen LogP contribution in [0, 0.1) is 15.9 Å². The lowest BCUT2D eigenvalue weighted by Gasteiger charge is -2.17. The van der Waals surface area contributed by atoms with Crippen LogP contribution in [0.4, 0.5) is 15.8 Å². The summed E-state index contributed by atoms with van der Waals surface area (Å²) in [7, 11) is 1.49. The molecule has 0 bridgehead atoms. The van der Waals surface area contributed by atoms with E-state index in [-0.39, 0.29) is 18.2 Å². The average Bonchev–Trinajstić information content (AvgIpc) is 3.23. The second-order valence-electron chi connectivity index (χ2n) is 6.23. The van der Waals surface area contributed by atoms with Gasteiger partial charge in [-0.1, -0.05) is 12.1 Å². The Bertz CT molecular complexity index is 1080. The van der Waals surface area contributed by atoms with Crippen LogP contribution in [0.3, 0.4) is 0 Å². The Morgan fingerprint density at radius 1 is 1.37 bits per heavy atom. The number of nitrogens with zero attached hydrogens (tertiary/aromatic N) is 2. The number of amides is 1. The molecule has 27 heavy (non-hydrogen) atoms. The Morgan fingerprint density at radius 3 is 2.93 bits per heavy atom. The number of anilines is 1. The lowest BCUT2D eigenvalue weighted by molar-refractivity contribution is -0.384. The molecule has 0 aliphatic carbocycles. The normalized spacial score (nSPS) is 13.2. The molecule has 0 spiro atoms. The first-order valence-electron chi connectivity index (χ1n) is 8.29. The molecule has 0 atom stereocenters. The molecule has 1 aliphatic heterocycles. The average molecular weight is 386 g/mol. The van der Waals surface area contributed by atoms with Gasteiger partial charge in [0, 0.05) is 41.4 Å². The van der Waals surface area contributed by atoms with Crippen LogP contribution in [0.1, 0.15) is 20.8 Å². The van der Waals surface area contributed by atoms with E-state index in [4.69, 9.17) is 4.74 Å². The first-order valence-corrected chi connectivity index (χ1v) is 9.11. The zero-order chi connectivity index (χ0) is 19.1. The van der Waals surface area contributed by atoms with Crippen LogP contribution in [0.15, 0.2) is 36.4 Å². The van der Waals surface area contributed by atoms with Crippen LogP contribution in [0.5, 0.6) is 0 Å². The molecule has 2 aromatic carbocycles. The molecule has 1 aromatic heterocycles. The highest BCUT2D eigenvalue weighted by Crippen LogP contribution is 2.38. The third kappa shape index (κ3) is 2.87. The predicted octanol–water partition coefficient (Wildman–Crippen LogP) is 4.30. The topological polar surface area (TPSA) is 72.7 Å². The number of hydrogen-bond donors (Lipinski definition) is 0. The van der Waals surface area contributed by atoms with E-state index < -0.39 is 10.7 Å². The number of benzene rings is 2. The molecule has 1 amide bonds. The fourth-order valence-electron chi connectivity index (χ4n) is 3.44. The molecule has 0 saturated carbocycles. The first-order chi connectivity index (χ1) is 13.0. The van der Waals surface area contributed by atoms with Gasteiger partial charge >= 0.3 is 0 Å². The minimum Gasteiger partial charge on any atom is -0.380 e. The van der Waals surface area contributed by atoms with Gasteiger partial charge in [-0.05, 0) is 24.1 Å². The number of carbonyl (C=O) groups is 1. The van der Waals surface area contributed by atoms with E-state index in [1.54, 1.807) is 18.2 Å². The second-order valence-corrected chi connectivity index (χ2v) is 7.28. The molecular weight excluding hydrogens is 371 g/mol. The first kappa shape index (κ1) is 17.6. The van der Waals surface area contributed by atoms with Crippen molar-refractivity contribution in [2.24, 2.45) is 0 Å². The number of fused-ring (bicyclic) bond motifs is 2. The fraction of sp³-hybridized carbons (Fsp3) is 0.211. The van der Waals surface area contributed by atoms with Gasteiger partial charge in [0.25, 0.3) is 11.6 Å². The van der Waals surface area contributed by atoms with E-state index in [2.05, 4.69) is 0 Å². The SMILES string of the molecule is COCc1c(C(=O)N2CCc3ccc([N+](=O)[O-])cc32)sc2cccc(F)c12. The number of nitro groups is 1. The highest BCUT2D eigenvalue weighted by molar-refractivity contribution is 7.21. The largest absolute Gasteiger partial charge is 0.380 e. The van der Waals surface area contributed by atoms with E-state index in [1.807, 2.05) is 0 Å². The molecule has 4 rings (SSSR count). The zero-order valence-corrected chi connectivity index (χ0v) is 15.2. The summed E-state index contributed by atoms with van der Waals surface area (Å²) in [5.74, 6) is -0.686. The summed E-state index contributed by atoms with van der Waals surface area (Å²) < 4.78 is 20.2. The summed E-state index contributed by atoms with van der Waals surface area (Å²) in [5, 5.41) is 11.5. The lowest BCUT2D eigenvalue weighted by Crippen LogP contribution is -2.29. The van der Waals surface area contributed by atoms with Crippen molar-refractivity contribution in [1.29, 1.82) is 0 Å². The summed E-state index contributed by atoms with van der Waals surface area (Å²) >= 11 is 1.21. The molecule has 0 N–H and O–H groups in total. The third-order valence-corrected chi connectivity index (χ3v) is 5.85. The molecule has 138 valence electrons. The van der Waals surface area contributed by atoms with Crippen LogP contribution in [0.25, 0.3) is 10.1 Å². The molecule has 1 aliphatic rings. The van der Waals surface area contributed by atoms with Gasteiger partial charge < -0.3 is 9.64 Å². The molecule has 0 fully saturated rings. The Balaban J connectivity index is 1.81. The highest BCUT2D eigenvalue weighted by atomic mass is 32.1. The summed E-state index contributed by atoms with van der Waals surface area (Å²) in [6, 6.07) is 9.27. The Kier molecular flexibility index (Phi) is 4.37. The summed E-state index contributed by atoms with van der Waals surface area (Å²) in [6.45, 7) is 0.538. The van der Waals surface area contributed by atoms with Crippen LogP contribution in [0.2, 0.25) is 0 Å². The number of thiophene rings is 1. The van der Waals surface area contributed by atoms with Crippen LogP contribution in [-0.4, -0.2) is 24.5 Å². The summed E-state index contributed by atoms with van der Waals surface area (Å²) in [5.41, 5.74) is 1.87. The Morgan fingerprint density at radius 2 is 2.19 bits per heavy atom. The van der Waals surface area contributed by atoms with Gasteiger partial charge in [-0.15, -0.1) is 11.3 Å². The number of non-ortho nitro benzene ring substituents is 1. The van der Waals surface area contributed by atoms with Gasteiger partial charge in [0.15, 0.2) is 0 Å². The molecule has 0 unspecified atom stereocenters. The van der Waals surface area contributed by atoms with E-state index in [9.17, 15) is 19.3 Å². The lowest BCUT2D eigenvalue weighted by atomic mass is 10.1. The highest BCUT2D eigenvalue weighted by Gasteiger charge is 2.31. The van der Waals surface area contributed by atoms with Crippen molar-refractivity contribution in [1.82, 2.24) is 0 Å². The summed E-state index contributed by atoms with van der Waals surface area (Å²) in [6.07, 6.45) is 0.623. The molecule has 3 aromatic rings. The minimum atomic E-state index is -0.480. The van der Waals surface area contributed by atoms with E-state index in [0.717, 1.165) is 5.56 Å². The van der Waals surface area contributed by atoms with Gasteiger partial charge in [-0.2, -0.15) is 0 Å². The maximum atomic E-state index is 14.4.